The second-order valence-corrected chi connectivity index (χ2v) is 4.77. The van der Waals surface area contributed by atoms with E-state index in [1.54, 1.807) is 0 Å². The Bertz CT molecular complexity index is 257. The van der Waals surface area contributed by atoms with Crippen LogP contribution < -0.4 is 9.44 Å². The molecule has 16 heavy (non-hydrogen) atoms. The number of methoxy groups -OCH3 is 2. The molecule has 0 saturated heterocycles. The third-order valence-electron chi connectivity index (χ3n) is 1.73. The standard InChI is InChI=1S/C8H20N2O5S/c1-14-6-5-10-16(12,13)9-4-3-8(11)7-15-2/h8-11H,3-7H2,1-2H3. The molecule has 0 aromatic carbocycles. The van der Waals surface area contributed by atoms with E-state index >= 15 is 0 Å². The van der Waals surface area contributed by atoms with E-state index in [1.165, 1.54) is 14.2 Å². The molecule has 0 aliphatic carbocycles. The van der Waals surface area contributed by atoms with Crippen LogP contribution in [0.2, 0.25) is 0 Å². The molecular formula is C8H20N2O5S. The molecule has 0 saturated carbocycles. The predicted octanol–water partition coefficient (Wildman–Crippen LogP) is -1.55. The predicted molar refractivity (Wildman–Crippen MR) is 59.3 cm³/mol. The maximum absolute atomic E-state index is 11.3. The Morgan fingerprint density at radius 3 is 2.38 bits per heavy atom. The highest BCUT2D eigenvalue weighted by Crippen LogP contribution is 1.90. The van der Waals surface area contributed by atoms with Crippen LogP contribution in [-0.4, -0.2) is 60.2 Å². The van der Waals surface area contributed by atoms with Gasteiger partial charge in [-0.15, -0.1) is 0 Å². The normalized spacial score (nSPS) is 13.9. The molecule has 0 radical (unpaired) electrons. The van der Waals surface area contributed by atoms with Gasteiger partial charge in [-0.2, -0.15) is 13.1 Å². The van der Waals surface area contributed by atoms with Crippen LogP contribution >= 0.6 is 0 Å². The smallest absolute Gasteiger partial charge is 0.276 e. The molecule has 0 aromatic rings. The van der Waals surface area contributed by atoms with Crippen LogP contribution in [0.4, 0.5) is 0 Å². The van der Waals surface area contributed by atoms with Gasteiger partial charge in [0.05, 0.1) is 19.3 Å². The molecule has 0 aliphatic rings. The fourth-order valence-electron chi connectivity index (χ4n) is 0.965. The molecule has 7 nitrogen and oxygen atoms in total. The lowest BCUT2D eigenvalue weighted by Crippen LogP contribution is -2.39. The average molecular weight is 256 g/mol. The van der Waals surface area contributed by atoms with Crippen LogP contribution in [0.1, 0.15) is 6.42 Å². The molecule has 0 fully saturated rings. The highest BCUT2D eigenvalue weighted by molar-refractivity contribution is 7.87. The van der Waals surface area contributed by atoms with Crippen molar-refractivity contribution >= 4 is 10.2 Å². The van der Waals surface area contributed by atoms with Gasteiger partial charge < -0.3 is 14.6 Å². The summed E-state index contributed by atoms with van der Waals surface area (Å²) in [5, 5.41) is 9.26. The number of aliphatic hydroxyl groups is 1. The third kappa shape index (κ3) is 9.01. The fraction of sp³-hybridized carbons (Fsp3) is 1.00. The molecule has 0 aliphatic heterocycles. The molecular weight excluding hydrogens is 236 g/mol. The maximum Gasteiger partial charge on any atom is 0.276 e. The summed E-state index contributed by atoms with van der Waals surface area (Å²) >= 11 is 0. The van der Waals surface area contributed by atoms with E-state index in [-0.39, 0.29) is 19.7 Å². The van der Waals surface area contributed by atoms with Crippen molar-refractivity contribution in [2.75, 3.05) is 40.5 Å². The second kappa shape index (κ2) is 8.85. The van der Waals surface area contributed by atoms with Crippen molar-refractivity contribution < 1.29 is 23.0 Å². The summed E-state index contributed by atoms with van der Waals surface area (Å²) in [6, 6.07) is 0. The highest BCUT2D eigenvalue weighted by Gasteiger charge is 2.09. The summed E-state index contributed by atoms with van der Waals surface area (Å²) in [5.74, 6) is 0. The third-order valence-corrected chi connectivity index (χ3v) is 2.90. The SMILES string of the molecule is COCCNS(=O)(=O)NCCC(O)COC. The van der Waals surface area contributed by atoms with Crippen LogP contribution in [0.15, 0.2) is 0 Å². The van der Waals surface area contributed by atoms with Crippen molar-refractivity contribution in [3.8, 4) is 0 Å². The van der Waals surface area contributed by atoms with Crippen LogP contribution in [0.25, 0.3) is 0 Å². The van der Waals surface area contributed by atoms with Crippen molar-refractivity contribution in [2.45, 2.75) is 12.5 Å². The van der Waals surface area contributed by atoms with Crippen molar-refractivity contribution in [3.63, 3.8) is 0 Å². The number of hydrogen-bond donors (Lipinski definition) is 3. The van der Waals surface area contributed by atoms with Crippen LogP contribution in [0.5, 0.6) is 0 Å². The second-order valence-electron chi connectivity index (χ2n) is 3.18. The Labute approximate surface area is 96.3 Å². The van der Waals surface area contributed by atoms with Gasteiger partial charge in [-0.05, 0) is 6.42 Å². The highest BCUT2D eigenvalue weighted by atomic mass is 32.2. The monoisotopic (exact) mass is 256 g/mol. The van der Waals surface area contributed by atoms with E-state index < -0.39 is 16.3 Å². The van der Waals surface area contributed by atoms with Gasteiger partial charge in [0.25, 0.3) is 10.2 Å². The molecule has 0 amide bonds. The van der Waals surface area contributed by atoms with Crippen molar-refractivity contribution in [3.05, 3.63) is 0 Å². The first kappa shape index (κ1) is 15.8. The zero-order chi connectivity index (χ0) is 12.4. The van der Waals surface area contributed by atoms with Crippen LogP contribution in [0.3, 0.4) is 0 Å². The molecule has 1 atom stereocenters. The zero-order valence-electron chi connectivity index (χ0n) is 9.60. The fourth-order valence-corrected chi connectivity index (χ4v) is 1.81. The number of ether oxygens (including phenoxy) is 2. The van der Waals surface area contributed by atoms with Gasteiger partial charge >= 0.3 is 0 Å². The minimum absolute atomic E-state index is 0.160. The number of rotatable bonds is 10. The average Bonchev–Trinajstić information content (AvgIpc) is 2.18. The Hall–Kier alpha value is -0.250. The maximum atomic E-state index is 11.3. The quantitative estimate of drug-likeness (QED) is 0.411. The number of nitrogens with one attached hydrogen (secondary N) is 2. The number of aliphatic hydroxyl groups excluding tert-OH is 1. The van der Waals surface area contributed by atoms with Crippen molar-refractivity contribution in [1.82, 2.24) is 9.44 Å². The Morgan fingerprint density at radius 2 is 1.81 bits per heavy atom. The van der Waals surface area contributed by atoms with Gasteiger partial charge in [-0.3, -0.25) is 0 Å². The van der Waals surface area contributed by atoms with E-state index in [0.717, 1.165) is 0 Å². The Balaban J connectivity index is 3.65. The van der Waals surface area contributed by atoms with E-state index in [9.17, 15) is 13.5 Å². The first-order valence-corrected chi connectivity index (χ1v) is 6.40. The molecule has 0 bridgehead atoms. The van der Waals surface area contributed by atoms with Crippen molar-refractivity contribution in [1.29, 1.82) is 0 Å². The first-order valence-electron chi connectivity index (χ1n) is 4.92. The van der Waals surface area contributed by atoms with E-state index in [2.05, 4.69) is 9.44 Å². The Kier molecular flexibility index (Phi) is 8.71. The lowest BCUT2D eigenvalue weighted by Gasteiger charge is -2.11. The molecule has 8 heteroatoms. The van der Waals surface area contributed by atoms with E-state index in [1.807, 2.05) is 0 Å². The van der Waals surface area contributed by atoms with Gasteiger partial charge in [-0.1, -0.05) is 0 Å². The first-order chi connectivity index (χ1) is 7.52. The Morgan fingerprint density at radius 1 is 1.19 bits per heavy atom. The van der Waals surface area contributed by atoms with Gasteiger partial charge in [0, 0.05) is 27.3 Å². The minimum Gasteiger partial charge on any atom is -0.391 e. The van der Waals surface area contributed by atoms with Crippen molar-refractivity contribution in [2.24, 2.45) is 0 Å². The molecule has 0 heterocycles. The molecule has 0 spiro atoms. The van der Waals surface area contributed by atoms with Gasteiger partial charge in [0.15, 0.2) is 0 Å². The minimum atomic E-state index is -3.50. The lowest BCUT2D eigenvalue weighted by atomic mass is 10.3. The number of hydrogen-bond acceptors (Lipinski definition) is 5. The summed E-state index contributed by atoms with van der Waals surface area (Å²) < 4.78 is 36.5. The topological polar surface area (TPSA) is 96.9 Å². The molecule has 98 valence electrons. The van der Waals surface area contributed by atoms with Crippen LogP contribution in [-0.2, 0) is 19.7 Å². The van der Waals surface area contributed by atoms with E-state index in [4.69, 9.17) is 9.47 Å². The van der Waals surface area contributed by atoms with Gasteiger partial charge in [-0.25, -0.2) is 4.72 Å². The molecule has 0 rings (SSSR count). The van der Waals surface area contributed by atoms with Gasteiger partial charge in [0.1, 0.15) is 0 Å². The summed E-state index contributed by atoms with van der Waals surface area (Å²) in [5.41, 5.74) is 0. The largest absolute Gasteiger partial charge is 0.391 e. The van der Waals surface area contributed by atoms with Crippen LogP contribution in [0, 0.1) is 0 Å². The summed E-state index contributed by atoms with van der Waals surface area (Å²) in [6.07, 6.45) is -0.356. The molecule has 0 aromatic heterocycles. The van der Waals surface area contributed by atoms with E-state index in [0.29, 0.717) is 13.0 Å². The molecule has 3 N–H and O–H groups in total. The summed E-state index contributed by atoms with van der Waals surface area (Å²) in [7, 11) is -0.536. The van der Waals surface area contributed by atoms with Gasteiger partial charge in [0.2, 0.25) is 0 Å². The molecule has 1 unspecified atom stereocenters. The zero-order valence-corrected chi connectivity index (χ0v) is 10.4. The lowest BCUT2D eigenvalue weighted by molar-refractivity contribution is 0.0603. The summed E-state index contributed by atoms with van der Waals surface area (Å²) in [4.78, 5) is 0. The summed E-state index contributed by atoms with van der Waals surface area (Å²) in [6.45, 7) is 0.880.